The lowest BCUT2D eigenvalue weighted by Gasteiger charge is -1.99. The molecule has 6 heteroatoms. The first kappa shape index (κ1) is 11.8. The molecule has 82 valence electrons. The molecule has 0 amide bonds. The summed E-state index contributed by atoms with van der Waals surface area (Å²) >= 11 is 0. The van der Waals surface area contributed by atoms with Crippen LogP contribution in [0.15, 0.2) is 17.7 Å². The molecule has 0 aromatic heterocycles. The molecule has 0 saturated heterocycles. The maximum atomic E-state index is 13.0. The van der Waals surface area contributed by atoms with E-state index in [1.54, 1.807) is 0 Å². The van der Waals surface area contributed by atoms with Gasteiger partial charge in [0.05, 0.1) is 0 Å². The number of hydrogen-bond donors (Lipinski definition) is 1. The van der Waals surface area contributed by atoms with E-state index < -0.39 is 34.6 Å². The molecule has 1 N–H and O–H groups in total. The molecule has 3 nitrogen and oxygen atoms in total. The third kappa shape index (κ3) is 2.39. The molecule has 0 spiro atoms. The van der Waals surface area contributed by atoms with Crippen LogP contribution in [0, 0.1) is 28.8 Å². The maximum absolute atomic E-state index is 13.0. The van der Waals surface area contributed by atoms with Gasteiger partial charge in [-0.3, -0.25) is 0 Å². The Hall–Kier alpha value is -2.29. The van der Waals surface area contributed by atoms with Gasteiger partial charge in [-0.05, 0) is 6.08 Å². The number of carboxylic acid groups (broad SMARTS) is 1. The number of carbonyl (C=O) groups is 1. The lowest BCUT2D eigenvalue weighted by Crippen LogP contribution is -1.99. The van der Waals surface area contributed by atoms with Crippen molar-refractivity contribution < 1.29 is 23.1 Å². The summed E-state index contributed by atoms with van der Waals surface area (Å²) in [4.78, 5) is 10.4. The van der Waals surface area contributed by atoms with Crippen molar-refractivity contribution in [2.24, 2.45) is 0 Å². The molecule has 1 rings (SSSR count). The van der Waals surface area contributed by atoms with E-state index in [0.29, 0.717) is 18.2 Å². The van der Waals surface area contributed by atoms with Crippen LogP contribution in [0.5, 0.6) is 0 Å². The highest BCUT2D eigenvalue weighted by molar-refractivity contribution is 5.96. The number of aliphatic carboxylic acids is 1. The molecular formula is C10H4F3NO2. The molecule has 0 aliphatic rings. The first-order valence-electron chi connectivity index (χ1n) is 3.95. The smallest absolute Gasteiger partial charge is 0.346 e. The van der Waals surface area contributed by atoms with E-state index in [9.17, 15) is 18.0 Å². The Bertz CT molecular complexity index is 494. The minimum absolute atomic E-state index is 0.395. The predicted octanol–water partition coefficient (Wildman–Crippen LogP) is 2.10. The molecule has 16 heavy (non-hydrogen) atoms. The molecule has 1 aromatic rings. The van der Waals surface area contributed by atoms with Gasteiger partial charge in [0.1, 0.15) is 29.1 Å². The fraction of sp³-hybridized carbons (Fsp3) is 0. The second kappa shape index (κ2) is 4.49. The second-order valence-corrected chi connectivity index (χ2v) is 2.76. The number of nitriles is 1. The van der Waals surface area contributed by atoms with Crippen molar-refractivity contribution in [2.45, 2.75) is 0 Å². The molecule has 0 saturated carbocycles. The zero-order valence-electron chi connectivity index (χ0n) is 7.67. The van der Waals surface area contributed by atoms with E-state index in [-0.39, 0.29) is 0 Å². The normalized spacial score (nSPS) is 11.0. The second-order valence-electron chi connectivity index (χ2n) is 2.76. The number of carboxylic acids is 1. The number of hydrogen-bond acceptors (Lipinski definition) is 2. The van der Waals surface area contributed by atoms with E-state index in [0.717, 1.165) is 0 Å². The van der Waals surface area contributed by atoms with Gasteiger partial charge in [0, 0.05) is 17.7 Å². The highest BCUT2D eigenvalue weighted by Gasteiger charge is 2.13. The van der Waals surface area contributed by atoms with Crippen molar-refractivity contribution in [3.63, 3.8) is 0 Å². The third-order valence-corrected chi connectivity index (χ3v) is 1.68. The number of rotatable bonds is 2. The Balaban J connectivity index is 3.36. The molecule has 0 aliphatic carbocycles. The Morgan fingerprint density at radius 2 is 1.81 bits per heavy atom. The minimum Gasteiger partial charge on any atom is -0.477 e. The summed E-state index contributed by atoms with van der Waals surface area (Å²) in [5.74, 6) is -5.29. The molecule has 0 unspecified atom stereocenters. The summed E-state index contributed by atoms with van der Waals surface area (Å²) in [7, 11) is 0. The summed E-state index contributed by atoms with van der Waals surface area (Å²) in [5.41, 5.74) is -1.61. The van der Waals surface area contributed by atoms with Crippen molar-refractivity contribution >= 4 is 12.0 Å². The largest absolute Gasteiger partial charge is 0.477 e. The van der Waals surface area contributed by atoms with Crippen molar-refractivity contribution in [3.05, 3.63) is 40.7 Å². The molecule has 0 radical (unpaired) electrons. The van der Waals surface area contributed by atoms with Gasteiger partial charge in [0.25, 0.3) is 0 Å². The van der Waals surface area contributed by atoms with E-state index in [1.807, 2.05) is 0 Å². The van der Waals surface area contributed by atoms with E-state index in [4.69, 9.17) is 10.4 Å². The van der Waals surface area contributed by atoms with Crippen molar-refractivity contribution in [1.82, 2.24) is 0 Å². The van der Waals surface area contributed by atoms with Crippen LogP contribution >= 0.6 is 0 Å². The summed E-state index contributed by atoms with van der Waals surface area (Å²) in [5, 5.41) is 16.8. The molecule has 0 atom stereocenters. The summed E-state index contributed by atoms with van der Waals surface area (Å²) < 4.78 is 38.6. The SMILES string of the molecule is N#C/C(=C\c1c(F)cc(F)cc1F)C(=O)O. The Morgan fingerprint density at radius 1 is 1.31 bits per heavy atom. The predicted molar refractivity (Wildman–Crippen MR) is 47.5 cm³/mol. The highest BCUT2D eigenvalue weighted by atomic mass is 19.1. The van der Waals surface area contributed by atoms with Gasteiger partial charge in [-0.2, -0.15) is 5.26 Å². The van der Waals surface area contributed by atoms with Crippen LogP contribution in [0.3, 0.4) is 0 Å². The van der Waals surface area contributed by atoms with Crippen molar-refractivity contribution in [2.75, 3.05) is 0 Å². The Labute approximate surface area is 88.0 Å². The van der Waals surface area contributed by atoms with Gasteiger partial charge >= 0.3 is 5.97 Å². The van der Waals surface area contributed by atoms with Gasteiger partial charge in [-0.25, -0.2) is 18.0 Å². The van der Waals surface area contributed by atoms with Crippen LogP contribution in [0.1, 0.15) is 5.56 Å². The van der Waals surface area contributed by atoms with Crippen molar-refractivity contribution in [1.29, 1.82) is 5.26 Å². The molecule has 0 heterocycles. The van der Waals surface area contributed by atoms with E-state index in [1.165, 1.54) is 6.07 Å². The Morgan fingerprint density at radius 3 is 2.19 bits per heavy atom. The first-order chi connectivity index (χ1) is 7.45. The maximum Gasteiger partial charge on any atom is 0.346 e. The summed E-state index contributed by atoms with van der Waals surface area (Å²) in [6, 6.07) is 2.04. The van der Waals surface area contributed by atoms with Gasteiger partial charge in [0.2, 0.25) is 0 Å². The lowest BCUT2D eigenvalue weighted by molar-refractivity contribution is -0.132. The zero-order valence-corrected chi connectivity index (χ0v) is 7.67. The van der Waals surface area contributed by atoms with Crippen LogP contribution < -0.4 is 0 Å². The quantitative estimate of drug-likeness (QED) is 0.621. The van der Waals surface area contributed by atoms with Crippen LogP contribution in [-0.2, 0) is 4.79 Å². The van der Waals surface area contributed by atoms with Crippen molar-refractivity contribution in [3.8, 4) is 6.07 Å². The first-order valence-corrected chi connectivity index (χ1v) is 3.95. The van der Waals surface area contributed by atoms with Crippen LogP contribution in [0.4, 0.5) is 13.2 Å². The lowest BCUT2D eigenvalue weighted by atomic mass is 10.1. The minimum atomic E-state index is -1.62. The number of nitrogens with zero attached hydrogens (tertiary/aromatic N) is 1. The topological polar surface area (TPSA) is 61.1 Å². The molecule has 0 aliphatic heterocycles. The average Bonchev–Trinajstić information content (AvgIpc) is 2.15. The fourth-order valence-corrected chi connectivity index (χ4v) is 0.977. The average molecular weight is 227 g/mol. The van der Waals surface area contributed by atoms with E-state index >= 15 is 0 Å². The molecule has 0 fully saturated rings. The summed E-state index contributed by atoms with van der Waals surface area (Å²) in [6.07, 6.45) is 0.506. The summed E-state index contributed by atoms with van der Waals surface area (Å²) in [6.45, 7) is 0. The van der Waals surface area contributed by atoms with E-state index in [2.05, 4.69) is 0 Å². The van der Waals surface area contributed by atoms with Gasteiger partial charge < -0.3 is 5.11 Å². The standard InChI is InChI=1S/C10H4F3NO2/c11-6-2-8(12)7(9(13)3-6)1-5(4-14)10(15)16/h1-3H,(H,15,16)/b5-1+. The van der Waals surface area contributed by atoms with Gasteiger partial charge in [0.15, 0.2) is 0 Å². The van der Waals surface area contributed by atoms with Crippen LogP contribution in [0.2, 0.25) is 0 Å². The van der Waals surface area contributed by atoms with Gasteiger partial charge in [-0.15, -0.1) is 0 Å². The number of benzene rings is 1. The van der Waals surface area contributed by atoms with Gasteiger partial charge in [-0.1, -0.05) is 0 Å². The molecule has 1 aromatic carbocycles. The van der Waals surface area contributed by atoms with Crippen LogP contribution in [0.25, 0.3) is 6.08 Å². The Kier molecular flexibility index (Phi) is 3.30. The van der Waals surface area contributed by atoms with Crippen LogP contribution in [-0.4, -0.2) is 11.1 Å². The zero-order chi connectivity index (χ0) is 12.3. The molecular weight excluding hydrogens is 223 g/mol. The number of halogens is 3. The fourth-order valence-electron chi connectivity index (χ4n) is 0.977. The third-order valence-electron chi connectivity index (χ3n) is 1.68. The molecule has 0 bridgehead atoms. The monoisotopic (exact) mass is 227 g/mol. The highest BCUT2D eigenvalue weighted by Crippen LogP contribution is 2.17.